The highest BCUT2D eigenvalue weighted by atomic mass is 32.2. The van der Waals surface area contributed by atoms with Crippen LogP contribution in [0.2, 0.25) is 0 Å². The second kappa shape index (κ2) is 11.2. The molecule has 2 aromatic carbocycles. The molecule has 0 radical (unpaired) electrons. The highest BCUT2D eigenvalue weighted by Crippen LogP contribution is 2.17. The molecule has 0 spiro atoms. The SMILES string of the molecule is Cc1ccc(S(=O)(=O)N[C@@H](CNC(=O)c2ccc3c(cnn3CCCNc3ncc[nH]3)c2)C(=O)O)cc1. The zero-order chi connectivity index (χ0) is 26.4. The van der Waals surface area contributed by atoms with E-state index in [0.717, 1.165) is 22.9 Å². The number of anilines is 1. The molecule has 13 heteroatoms. The molecule has 0 fully saturated rings. The lowest BCUT2D eigenvalue weighted by Crippen LogP contribution is -2.48. The lowest BCUT2D eigenvalue weighted by molar-refractivity contribution is -0.138. The number of carboxylic acids is 1. The summed E-state index contributed by atoms with van der Waals surface area (Å²) >= 11 is 0. The number of hydrogen-bond acceptors (Lipinski definition) is 7. The van der Waals surface area contributed by atoms with Crippen LogP contribution in [0.1, 0.15) is 22.3 Å². The van der Waals surface area contributed by atoms with Gasteiger partial charge in [-0.1, -0.05) is 17.7 Å². The highest BCUT2D eigenvalue weighted by Gasteiger charge is 2.26. The largest absolute Gasteiger partial charge is 0.480 e. The van der Waals surface area contributed by atoms with Gasteiger partial charge in [-0.15, -0.1) is 0 Å². The molecule has 2 heterocycles. The molecule has 1 amide bonds. The summed E-state index contributed by atoms with van der Waals surface area (Å²) in [5.74, 6) is -1.23. The zero-order valence-electron chi connectivity index (χ0n) is 20.0. The Morgan fingerprint density at radius 2 is 1.95 bits per heavy atom. The number of fused-ring (bicyclic) bond motifs is 1. The van der Waals surface area contributed by atoms with Crippen LogP contribution in [0.25, 0.3) is 10.9 Å². The van der Waals surface area contributed by atoms with Gasteiger partial charge in [-0.2, -0.15) is 9.82 Å². The molecule has 4 rings (SSSR count). The number of carbonyl (C=O) groups excluding carboxylic acids is 1. The van der Waals surface area contributed by atoms with Gasteiger partial charge in [-0.05, 0) is 43.7 Å². The predicted octanol–water partition coefficient (Wildman–Crippen LogP) is 1.73. The zero-order valence-corrected chi connectivity index (χ0v) is 20.8. The standard InChI is InChI=1S/C24H27N7O5S/c1-16-3-6-19(7-4-16)37(35,36)30-20(23(33)34)15-28-22(32)17-5-8-21-18(13-17)14-29-31(21)12-2-9-25-24-26-10-11-27-24/h3-8,10-11,13-14,20,30H,2,9,12,15H2,1H3,(H,28,32)(H,33,34)(H2,25,26,27)/t20-/m0/s1. The molecule has 5 N–H and O–H groups in total. The smallest absolute Gasteiger partial charge is 0.323 e. The van der Waals surface area contributed by atoms with Crippen LogP contribution in [0.3, 0.4) is 0 Å². The van der Waals surface area contributed by atoms with E-state index in [1.807, 2.05) is 11.6 Å². The number of nitrogens with one attached hydrogen (secondary N) is 4. The van der Waals surface area contributed by atoms with Crippen LogP contribution in [0.4, 0.5) is 5.95 Å². The topological polar surface area (TPSA) is 171 Å². The Labute approximate surface area is 213 Å². The second-order valence-corrected chi connectivity index (χ2v) is 10.1. The maximum absolute atomic E-state index is 12.7. The van der Waals surface area contributed by atoms with Crippen molar-refractivity contribution in [2.24, 2.45) is 0 Å². The summed E-state index contributed by atoms with van der Waals surface area (Å²) in [7, 11) is -4.09. The van der Waals surface area contributed by atoms with Gasteiger partial charge in [0.1, 0.15) is 6.04 Å². The molecular formula is C24H27N7O5S. The van der Waals surface area contributed by atoms with E-state index in [4.69, 9.17) is 0 Å². The fourth-order valence-corrected chi connectivity index (χ4v) is 4.84. The van der Waals surface area contributed by atoms with Crippen molar-refractivity contribution in [2.75, 3.05) is 18.4 Å². The molecule has 0 saturated carbocycles. The van der Waals surface area contributed by atoms with Crippen molar-refractivity contribution in [2.45, 2.75) is 30.8 Å². The van der Waals surface area contributed by atoms with Gasteiger partial charge in [0.15, 0.2) is 5.95 Å². The molecule has 37 heavy (non-hydrogen) atoms. The first-order valence-corrected chi connectivity index (χ1v) is 13.0. The Morgan fingerprint density at radius 3 is 2.65 bits per heavy atom. The number of rotatable bonds is 12. The molecule has 0 aliphatic rings. The number of benzene rings is 2. The number of hydrogen-bond donors (Lipinski definition) is 5. The van der Waals surface area contributed by atoms with Crippen LogP contribution in [0, 0.1) is 6.92 Å². The summed E-state index contributed by atoms with van der Waals surface area (Å²) in [6, 6.07) is 9.50. The minimum Gasteiger partial charge on any atom is -0.480 e. The Hall–Kier alpha value is -4.23. The third kappa shape index (κ3) is 6.51. The first-order chi connectivity index (χ1) is 17.7. The van der Waals surface area contributed by atoms with Crippen molar-refractivity contribution in [3.63, 3.8) is 0 Å². The Bertz CT molecular complexity index is 1480. The molecule has 0 bridgehead atoms. The predicted molar refractivity (Wildman–Crippen MR) is 137 cm³/mol. The van der Waals surface area contributed by atoms with Crippen molar-refractivity contribution in [1.82, 2.24) is 29.8 Å². The first-order valence-electron chi connectivity index (χ1n) is 11.5. The van der Waals surface area contributed by atoms with Gasteiger partial charge in [0.25, 0.3) is 5.91 Å². The molecule has 2 aromatic heterocycles. The van der Waals surface area contributed by atoms with Crippen LogP contribution in [0.15, 0.2) is 66.0 Å². The maximum Gasteiger partial charge on any atom is 0.323 e. The van der Waals surface area contributed by atoms with Gasteiger partial charge in [0.05, 0.1) is 16.6 Å². The van der Waals surface area contributed by atoms with Crippen LogP contribution in [-0.2, 0) is 21.4 Å². The summed E-state index contributed by atoms with van der Waals surface area (Å²) in [6.07, 6.45) is 5.86. The van der Waals surface area contributed by atoms with E-state index in [-0.39, 0.29) is 4.90 Å². The number of imidazole rings is 1. The van der Waals surface area contributed by atoms with Crippen LogP contribution >= 0.6 is 0 Å². The van der Waals surface area contributed by atoms with Crippen molar-refractivity contribution in [1.29, 1.82) is 0 Å². The number of sulfonamides is 1. The number of carboxylic acid groups (broad SMARTS) is 1. The van der Waals surface area contributed by atoms with Crippen LogP contribution < -0.4 is 15.4 Å². The van der Waals surface area contributed by atoms with Gasteiger partial charge < -0.3 is 20.7 Å². The van der Waals surface area contributed by atoms with E-state index in [1.54, 1.807) is 48.9 Å². The summed E-state index contributed by atoms with van der Waals surface area (Å²) in [6.45, 7) is 2.74. The number of nitrogens with zero attached hydrogens (tertiary/aromatic N) is 3. The molecular weight excluding hydrogens is 498 g/mol. The van der Waals surface area contributed by atoms with Crippen molar-refractivity contribution in [3.05, 3.63) is 72.2 Å². The van der Waals surface area contributed by atoms with Crippen molar-refractivity contribution < 1.29 is 23.1 Å². The molecule has 0 aliphatic heterocycles. The summed E-state index contributed by atoms with van der Waals surface area (Å²) in [4.78, 5) is 31.4. The number of carbonyl (C=O) groups is 2. The summed E-state index contributed by atoms with van der Waals surface area (Å²) in [5, 5.41) is 20.3. The minimum atomic E-state index is -4.09. The maximum atomic E-state index is 12.7. The van der Waals surface area contributed by atoms with E-state index >= 15 is 0 Å². The van der Waals surface area contributed by atoms with E-state index in [0.29, 0.717) is 24.6 Å². The molecule has 4 aromatic rings. The Morgan fingerprint density at radius 1 is 1.16 bits per heavy atom. The normalized spacial score (nSPS) is 12.4. The monoisotopic (exact) mass is 525 g/mol. The van der Waals surface area contributed by atoms with Gasteiger partial charge >= 0.3 is 5.97 Å². The third-order valence-corrected chi connectivity index (χ3v) is 7.12. The van der Waals surface area contributed by atoms with E-state index in [1.165, 1.54) is 12.1 Å². The van der Waals surface area contributed by atoms with Gasteiger partial charge in [-0.3, -0.25) is 14.3 Å². The van der Waals surface area contributed by atoms with E-state index < -0.39 is 34.5 Å². The van der Waals surface area contributed by atoms with Crippen molar-refractivity contribution >= 4 is 38.8 Å². The summed E-state index contributed by atoms with van der Waals surface area (Å²) in [5.41, 5.74) is 2.02. The van der Waals surface area contributed by atoms with Crippen LogP contribution in [-0.4, -0.2) is 64.3 Å². The lowest BCUT2D eigenvalue weighted by atomic mass is 10.1. The molecule has 194 valence electrons. The van der Waals surface area contributed by atoms with E-state index in [9.17, 15) is 23.1 Å². The summed E-state index contributed by atoms with van der Waals surface area (Å²) < 4.78 is 29.1. The van der Waals surface area contributed by atoms with Gasteiger partial charge in [-0.25, -0.2) is 13.4 Å². The van der Waals surface area contributed by atoms with Crippen molar-refractivity contribution in [3.8, 4) is 0 Å². The molecule has 1 atom stereocenters. The molecule has 0 unspecified atom stereocenters. The fraction of sp³-hybridized carbons (Fsp3) is 0.250. The van der Waals surface area contributed by atoms with Gasteiger partial charge in [0.2, 0.25) is 10.0 Å². The fourth-order valence-electron chi connectivity index (χ4n) is 3.65. The average molecular weight is 526 g/mol. The Kier molecular flexibility index (Phi) is 7.84. The molecule has 0 saturated heterocycles. The van der Waals surface area contributed by atoms with Gasteiger partial charge in [0, 0.05) is 43.0 Å². The number of aryl methyl sites for hydroxylation is 2. The second-order valence-electron chi connectivity index (χ2n) is 8.39. The van der Waals surface area contributed by atoms with E-state index in [2.05, 4.69) is 30.4 Å². The van der Waals surface area contributed by atoms with Crippen LogP contribution in [0.5, 0.6) is 0 Å². The number of amides is 1. The lowest BCUT2D eigenvalue weighted by Gasteiger charge is -2.16. The average Bonchev–Trinajstić information content (AvgIpc) is 3.54. The highest BCUT2D eigenvalue weighted by molar-refractivity contribution is 7.89. The minimum absolute atomic E-state index is 0.0603. The number of aromatic nitrogens is 4. The quantitative estimate of drug-likeness (QED) is 0.174. The third-order valence-electron chi connectivity index (χ3n) is 5.63. The number of aromatic amines is 1. The molecule has 0 aliphatic carbocycles. The molecule has 12 nitrogen and oxygen atoms in total. The Balaban J connectivity index is 1.35. The number of aliphatic carboxylic acids is 1. The number of H-pyrrole nitrogens is 1. The first kappa shape index (κ1) is 25.9.